The van der Waals surface area contributed by atoms with Gasteiger partial charge in [-0.25, -0.2) is 9.78 Å². The Balaban J connectivity index is 1.45. The summed E-state index contributed by atoms with van der Waals surface area (Å²) >= 11 is 0. The van der Waals surface area contributed by atoms with Crippen LogP contribution in [-0.4, -0.2) is 34.5 Å². The van der Waals surface area contributed by atoms with E-state index in [-0.39, 0.29) is 0 Å². The van der Waals surface area contributed by atoms with Crippen molar-refractivity contribution in [1.29, 1.82) is 0 Å². The SMILES string of the molecule is CCOC(=O)c1n[nH][n+](Cc2ccccc2)c1Cc1ccc(OCCc2nc(C)oc2C)cc1. The number of oxazole rings is 1. The number of carbonyl (C=O) groups excluding carboxylic acids is 1. The van der Waals surface area contributed by atoms with Crippen LogP contribution in [0.1, 0.15) is 51.6 Å². The summed E-state index contributed by atoms with van der Waals surface area (Å²) in [7, 11) is 0. The van der Waals surface area contributed by atoms with Crippen LogP contribution >= 0.6 is 0 Å². The van der Waals surface area contributed by atoms with E-state index in [0.717, 1.165) is 34.0 Å². The summed E-state index contributed by atoms with van der Waals surface area (Å²) in [5, 5.41) is 7.22. The van der Waals surface area contributed by atoms with Crippen molar-refractivity contribution in [3.63, 3.8) is 0 Å². The van der Waals surface area contributed by atoms with E-state index in [1.165, 1.54) is 0 Å². The topological polar surface area (TPSA) is 94.1 Å². The number of nitrogens with zero attached hydrogens (tertiary/aromatic N) is 3. The third-order valence-corrected chi connectivity index (χ3v) is 5.44. The maximum absolute atomic E-state index is 12.5. The smallest absolute Gasteiger partial charge is 0.389 e. The largest absolute Gasteiger partial charge is 0.493 e. The third kappa shape index (κ3) is 5.70. The van der Waals surface area contributed by atoms with Crippen LogP contribution in [0.4, 0.5) is 0 Å². The van der Waals surface area contributed by atoms with Crippen LogP contribution < -0.4 is 9.42 Å². The van der Waals surface area contributed by atoms with Crippen LogP contribution in [0.2, 0.25) is 0 Å². The molecule has 34 heavy (non-hydrogen) atoms. The molecule has 176 valence electrons. The molecule has 1 N–H and O–H groups in total. The molecule has 0 saturated carbocycles. The van der Waals surface area contributed by atoms with Gasteiger partial charge in [0.05, 0.1) is 24.0 Å². The second-order valence-electron chi connectivity index (χ2n) is 7.95. The molecular formula is C26H29N4O4+. The number of nitrogens with one attached hydrogen (secondary N) is 1. The van der Waals surface area contributed by atoms with Crippen LogP contribution in [0.5, 0.6) is 5.75 Å². The minimum Gasteiger partial charge on any atom is -0.493 e. The summed E-state index contributed by atoms with van der Waals surface area (Å²) in [6, 6.07) is 17.9. The van der Waals surface area contributed by atoms with Gasteiger partial charge >= 0.3 is 11.7 Å². The molecule has 8 heteroatoms. The molecule has 0 spiro atoms. The van der Waals surface area contributed by atoms with Crippen LogP contribution in [0.3, 0.4) is 0 Å². The molecule has 0 atom stereocenters. The van der Waals surface area contributed by atoms with Crippen molar-refractivity contribution < 1.29 is 23.4 Å². The summed E-state index contributed by atoms with van der Waals surface area (Å²) in [5.74, 6) is 1.84. The molecule has 0 unspecified atom stereocenters. The first-order valence-corrected chi connectivity index (χ1v) is 11.4. The zero-order chi connectivity index (χ0) is 23.9. The summed E-state index contributed by atoms with van der Waals surface area (Å²) < 4.78 is 18.4. The maximum atomic E-state index is 12.5. The molecule has 2 heterocycles. The van der Waals surface area contributed by atoms with Gasteiger partial charge in [0.15, 0.2) is 11.6 Å². The molecule has 0 aliphatic carbocycles. The fourth-order valence-electron chi connectivity index (χ4n) is 3.77. The molecule has 0 amide bonds. The van der Waals surface area contributed by atoms with E-state index in [0.29, 0.717) is 44.2 Å². The molecule has 0 aliphatic rings. The van der Waals surface area contributed by atoms with E-state index in [9.17, 15) is 4.79 Å². The number of hydrogen-bond donors (Lipinski definition) is 1. The highest BCUT2D eigenvalue weighted by atomic mass is 16.5. The van der Waals surface area contributed by atoms with Crippen molar-refractivity contribution in [2.24, 2.45) is 0 Å². The van der Waals surface area contributed by atoms with Gasteiger partial charge in [-0.1, -0.05) is 47.7 Å². The number of aromatic amines is 1. The Morgan fingerprint density at radius 2 is 1.82 bits per heavy atom. The molecule has 0 bridgehead atoms. The standard InChI is InChI=1S/C26H28N4O4/c1-4-32-26(31)25-24(30(29-28-25)17-21-8-6-5-7-9-21)16-20-10-12-22(13-11-20)33-15-14-23-18(2)34-19(3)27-23/h5-13H,4,14-17H2,1-3H3/p+1. The summed E-state index contributed by atoms with van der Waals surface area (Å²) in [6.45, 7) is 6.92. The molecule has 2 aromatic heterocycles. The van der Waals surface area contributed by atoms with Gasteiger partial charge in [-0.15, -0.1) is 0 Å². The second kappa shape index (κ2) is 10.8. The van der Waals surface area contributed by atoms with Crippen LogP contribution in [0.15, 0.2) is 59.0 Å². The summed E-state index contributed by atoms with van der Waals surface area (Å²) in [6.07, 6.45) is 1.21. The number of aromatic nitrogens is 4. The Labute approximate surface area is 198 Å². The molecule has 4 aromatic rings. The van der Waals surface area contributed by atoms with Crippen molar-refractivity contribution in [2.45, 2.75) is 40.2 Å². The number of ether oxygens (including phenoxy) is 2. The van der Waals surface area contributed by atoms with Gasteiger partial charge in [0.1, 0.15) is 18.1 Å². The van der Waals surface area contributed by atoms with Crippen LogP contribution in [-0.2, 0) is 24.1 Å². The maximum Gasteiger partial charge on any atom is 0.389 e. The average Bonchev–Trinajstić information content (AvgIpc) is 3.37. The first kappa shape index (κ1) is 23.2. The van der Waals surface area contributed by atoms with E-state index >= 15 is 0 Å². The molecule has 0 fully saturated rings. The number of rotatable bonds is 10. The number of hydrogen-bond acceptors (Lipinski definition) is 6. The Bertz CT molecular complexity index is 1230. The lowest BCUT2D eigenvalue weighted by atomic mass is 10.1. The van der Waals surface area contributed by atoms with Gasteiger partial charge in [-0.05, 0) is 37.1 Å². The minimum absolute atomic E-state index is 0.295. The summed E-state index contributed by atoms with van der Waals surface area (Å²) in [4.78, 5) is 16.9. The fraction of sp³-hybridized carbons (Fsp3) is 0.308. The fourth-order valence-corrected chi connectivity index (χ4v) is 3.77. The van der Waals surface area contributed by atoms with E-state index in [4.69, 9.17) is 13.9 Å². The van der Waals surface area contributed by atoms with Crippen LogP contribution in [0.25, 0.3) is 0 Å². The normalized spacial score (nSPS) is 10.9. The van der Waals surface area contributed by atoms with E-state index < -0.39 is 5.97 Å². The first-order chi connectivity index (χ1) is 16.5. The molecule has 0 saturated heterocycles. The van der Waals surface area contributed by atoms with Crippen molar-refractivity contribution in [3.05, 3.63) is 94.5 Å². The number of aryl methyl sites for hydroxylation is 2. The highest BCUT2D eigenvalue weighted by molar-refractivity contribution is 5.88. The molecule has 4 rings (SSSR count). The molecular weight excluding hydrogens is 432 g/mol. The van der Waals surface area contributed by atoms with Crippen molar-refractivity contribution in [3.8, 4) is 5.75 Å². The van der Waals surface area contributed by atoms with Gasteiger partial charge in [0, 0.05) is 19.8 Å². The highest BCUT2D eigenvalue weighted by Crippen LogP contribution is 2.17. The predicted molar refractivity (Wildman–Crippen MR) is 125 cm³/mol. The zero-order valence-corrected chi connectivity index (χ0v) is 19.7. The molecule has 0 aliphatic heterocycles. The lowest BCUT2D eigenvalue weighted by Crippen LogP contribution is -2.40. The third-order valence-electron chi connectivity index (χ3n) is 5.44. The number of carbonyl (C=O) groups is 1. The second-order valence-corrected chi connectivity index (χ2v) is 7.95. The Kier molecular flexibility index (Phi) is 7.37. The zero-order valence-electron chi connectivity index (χ0n) is 19.7. The highest BCUT2D eigenvalue weighted by Gasteiger charge is 2.29. The van der Waals surface area contributed by atoms with Crippen molar-refractivity contribution >= 4 is 5.97 Å². The van der Waals surface area contributed by atoms with Gasteiger partial charge < -0.3 is 13.9 Å². The molecule has 2 aromatic carbocycles. The number of H-pyrrole nitrogens is 1. The number of esters is 1. The van der Waals surface area contributed by atoms with Gasteiger partial charge in [-0.3, -0.25) is 0 Å². The Morgan fingerprint density at radius 3 is 2.50 bits per heavy atom. The van der Waals surface area contributed by atoms with Crippen molar-refractivity contribution in [1.82, 2.24) is 15.3 Å². The van der Waals surface area contributed by atoms with Crippen LogP contribution in [0, 0.1) is 13.8 Å². The lowest BCUT2D eigenvalue weighted by Gasteiger charge is -2.07. The van der Waals surface area contributed by atoms with Crippen molar-refractivity contribution in [2.75, 3.05) is 13.2 Å². The number of benzene rings is 2. The monoisotopic (exact) mass is 461 g/mol. The average molecular weight is 462 g/mol. The quantitative estimate of drug-likeness (QED) is 0.286. The first-order valence-electron chi connectivity index (χ1n) is 11.4. The lowest BCUT2D eigenvalue weighted by molar-refractivity contribution is -0.751. The Hall–Kier alpha value is -3.94. The van der Waals surface area contributed by atoms with E-state index in [1.807, 2.05) is 73.1 Å². The minimum atomic E-state index is -0.432. The van der Waals surface area contributed by atoms with Gasteiger partial charge in [0.25, 0.3) is 0 Å². The predicted octanol–water partition coefficient (Wildman–Crippen LogP) is 3.74. The Morgan fingerprint density at radius 1 is 1.06 bits per heavy atom. The van der Waals surface area contributed by atoms with Gasteiger partial charge in [0.2, 0.25) is 0 Å². The van der Waals surface area contributed by atoms with E-state index in [1.54, 1.807) is 6.92 Å². The van der Waals surface area contributed by atoms with E-state index in [2.05, 4.69) is 15.3 Å². The molecule has 0 radical (unpaired) electrons. The van der Waals surface area contributed by atoms with Gasteiger partial charge in [-0.2, -0.15) is 4.68 Å². The molecule has 8 nitrogen and oxygen atoms in total. The summed E-state index contributed by atoms with van der Waals surface area (Å²) in [5.41, 5.74) is 4.13.